The van der Waals surface area contributed by atoms with Crippen molar-refractivity contribution in [2.24, 2.45) is 0 Å². The second-order valence-electron chi connectivity index (χ2n) is 4.51. The quantitative estimate of drug-likeness (QED) is 0.780. The van der Waals surface area contributed by atoms with E-state index in [0.717, 1.165) is 6.07 Å². The molecule has 0 aliphatic rings. The van der Waals surface area contributed by atoms with Gasteiger partial charge in [-0.3, -0.25) is 0 Å². The van der Waals surface area contributed by atoms with Crippen LogP contribution in [-0.4, -0.2) is 9.97 Å². The molecule has 0 bridgehead atoms. The predicted octanol–water partition coefficient (Wildman–Crippen LogP) is 4.50. The van der Waals surface area contributed by atoms with Gasteiger partial charge in [-0.05, 0) is 35.7 Å². The third-order valence-corrected chi connectivity index (χ3v) is 3.18. The molecule has 1 heterocycles. The number of benzene rings is 1. The molecule has 0 amide bonds. The maximum atomic E-state index is 12.9. The third-order valence-electron chi connectivity index (χ3n) is 3.00. The number of halogens is 4. The highest BCUT2D eigenvalue weighted by Gasteiger charge is 2.33. The topological polar surface area (TPSA) is 25.8 Å². The Kier molecular flexibility index (Phi) is 4.28. The highest BCUT2D eigenvalue weighted by Crippen LogP contribution is 2.33. The van der Waals surface area contributed by atoms with Gasteiger partial charge in [-0.25, -0.2) is 9.97 Å². The molecule has 0 N–H and O–H groups in total. The fourth-order valence-electron chi connectivity index (χ4n) is 2.03. The normalized spacial score (nSPS) is 13.2. The standard InChI is InChI=1S/C14H12ClF3N2/c1-9(12-6-7-19-13(15)20-12)8-10-4-2-3-5-11(10)14(16,17)18/h2-7,9H,8H2,1H3. The number of alkyl halides is 3. The maximum absolute atomic E-state index is 12.9. The summed E-state index contributed by atoms with van der Waals surface area (Å²) >= 11 is 5.69. The van der Waals surface area contributed by atoms with Gasteiger partial charge >= 0.3 is 6.18 Å². The highest BCUT2D eigenvalue weighted by molar-refractivity contribution is 6.28. The minimum Gasteiger partial charge on any atom is -0.227 e. The van der Waals surface area contributed by atoms with Gasteiger partial charge in [0.1, 0.15) is 0 Å². The van der Waals surface area contributed by atoms with Crippen LogP contribution >= 0.6 is 11.6 Å². The summed E-state index contributed by atoms with van der Waals surface area (Å²) in [5.41, 5.74) is 0.274. The lowest BCUT2D eigenvalue weighted by atomic mass is 9.94. The number of aromatic nitrogens is 2. The van der Waals surface area contributed by atoms with Gasteiger partial charge in [-0.15, -0.1) is 0 Å². The molecule has 0 saturated carbocycles. The zero-order valence-electron chi connectivity index (χ0n) is 10.7. The maximum Gasteiger partial charge on any atom is 0.416 e. The molecule has 20 heavy (non-hydrogen) atoms. The average Bonchev–Trinajstić information content (AvgIpc) is 2.38. The molecule has 0 fully saturated rings. The van der Waals surface area contributed by atoms with Gasteiger partial charge in [-0.2, -0.15) is 13.2 Å². The van der Waals surface area contributed by atoms with Crippen LogP contribution in [0.25, 0.3) is 0 Å². The lowest BCUT2D eigenvalue weighted by Gasteiger charge is -2.16. The molecule has 2 aromatic rings. The van der Waals surface area contributed by atoms with Gasteiger partial charge in [0.15, 0.2) is 0 Å². The van der Waals surface area contributed by atoms with Crippen LogP contribution in [0.1, 0.15) is 29.7 Å². The Bertz CT molecular complexity index is 599. The summed E-state index contributed by atoms with van der Waals surface area (Å²) in [7, 11) is 0. The van der Waals surface area contributed by atoms with Gasteiger partial charge in [0.25, 0.3) is 0 Å². The van der Waals surface area contributed by atoms with Crippen LogP contribution in [0.2, 0.25) is 5.28 Å². The van der Waals surface area contributed by atoms with E-state index in [1.54, 1.807) is 12.1 Å². The van der Waals surface area contributed by atoms with Crippen LogP contribution in [0.5, 0.6) is 0 Å². The minimum atomic E-state index is -4.35. The molecule has 1 aromatic carbocycles. The van der Waals surface area contributed by atoms with Gasteiger partial charge in [0.05, 0.1) is 5.56 Å². The van der Waals surface area contributed by atoms with Gasteiger partial charge in [0.2, 0.25) is 5.28 Å². The molecule has 0 spiro atoms. The van der Waals surface area contributed by atoms with Crippen LogP contribution in [0, 0.1) is 0 Å². The van der Waals surface area contributed by atoms with Crippen LogP contribution in [0.4, 0.5) is 13.2 Å². The summed E-state index contributed by atoms with van der Waals surface area (Å²) in [6.07, 6.45) is -2.61. The number of rotatable bonds is 3. The van der Waals surface area contributed by atoms with E-state index in [0.29, 0.717) is 5.69 Å². The van der Waals surface area contributed by atoms with Crippen molar-refractivity contribution < 1.29 is 13.2 Å². The monoisotopic (exact) mass is 300 g/mol. The van der Waals surface area contributed by atoms with Crippen LogP contribution in [0.15, 0.2) is 36.5 Å². The Hall–Kier alpha value is -1.62. The summed E-state index contributed by atoms with van der Waals surface area (Å²) in [5, 5.41) is 0.0958. The molecule has 2 nitrogen and oxygen atoms in total. The van der Waals surface area contributed by atoms with Gasteiger partial charge in [0, 0.05) is 17.8 Å². The van der Waals surface area contributed by atoms with E-state index < -0.39 is 11.7 Å². The second kappa shape index (κ2) is 5.79. The predicted molar refractivity (Wildman–Crippen MR) is 70.6 cm³/mol. The molecule has 0 aliphatic carbocycles. The van der Waals surface area contributed by atoms with E-state index in [1.165, 1.54) is 18.3 Å². The molecule has 0 saturated heterocycles. The van der Waals surface area contributed by atoms with Crippen LogP contribution in [-0.2, 0) is 12.6 Å². The van der Waals surface area contributed by atoms with Crippen molar-refractivity contribution in [3.05, 3.63) is 58.6 Å². The molecular weight excluding hydrogens is 289 g/mol. The van der Waals surface area contributed by atoms with Crippen molar-refractivity contribution in [3.63, 3.8) is 0 Å². The van der Waals surface area contributed by atoms with E-state index in [1.807, 2.05) is 6.92 Å². The first-order valence-electron chi connectivity index (χ1n) is 6.01. The fourth-order valence-corrected chi connectivity index (χ4v) is 2.19. The smallest absolute Gasteiger partial charge is 0.227 e. The van der Waals surface area contributed by atoms with E-state index in [9.17, 15) is 13.2 Å². The minimum absolute atomic E-state index is 0.0958. The van der Waals surface area contributed by atoms with Gasteiger partial charge < -0.3 is 0 Å². The van der Waals surface area contributed by atoms with Crippen molar-refractivity contribution in [2.75, 3.05) is 0 Å². The van der Waals surface area contributed by atoms with Crippen molar-refractivity contribution in [1.82, 2.24) is 9.97 Å². The Morgan fingerprint density at radius 2 is 1.90 bits per heavy atom. The molecule has 1 unspecified atom stereocenters. The molecule has 0 aliphatic heterocycles. The SMILES string of the molecule is CC(Cc1ccccc1C(F)(F)F)c1ccnc(Cl)n1. The van der Waals surface area contributed by atoms with Gasteiger partial charge in [-0.1, -0.05) is 25.1 Å². The molecule has 2 rings (SSSR count). The Morgan fingerprint density at radius 3 is 2.55 bits per heavy atom. The first-order valence-corrected chi connectivity index (χ1v) is 6.39. The highest BCUT2D eigenvalue weighted by atomic mass is 35.5. The van der Waals surface area contributed by atoms with Crippen LogP contribution < -0.4 is 0 Å². The summed E-state index contributed by atoms with van der Waals surface area (Å²) in [5.74, 6) is -0.181. The van der Waals surface area contributed by atoms with E-state index in [-0.39, 0.29) is 23.2 Å². The third kappa shape index (κ3) is 3.48. The zero-order chi connectivity index (χ0) is 14.8. The Balaban J connectivity index is 2.26. The molecule has 0 radical (unpaired) electrons. The molecule has 106 valence electrons. The van der Waals surface area contributed by atoms with Crippen molar-refractivity contribution >= 4 is 11.6 Å². The fraction of sp³-hybridized carbons (Fsp3) is 0.286. The molecule has 6 heteroatoms. The summed E-state index contributed by atoms with van der Waals surface area (Å²) in [6, 6.07) is 7.23. The van der Waals surface area contributed by atoms with Crippen LogP contribution in [0.3, 0.4) is 0 Å². The van der Waals surface area contributed by atoms with Crippen molar-refractivity contribution in [2.45, 2.75) is 25.4 Å². The number of hydrogen-bond donors (Lipinski definition) is 0. The molecular formula is C14H12ClF3N2. The summed E-state index contributed by atoms with van der Waals surface area (Å²) in [6.45, 7) is 1.81. The first-order chi connectivity index (χ1) is 9.38. The van der Waals surface area contributed by atoms with Crippen molar-refractivity contribution in [3.8, 4) is 0 Å². The van der Waals surface area contributed by atoms with E-state index in [2.05, 4.69) is 9.97 Å². The lowest BCUT2D eigenvalue weighted by Crippen LogP contribution is -2.11. The Labute approximate surface area is 119 Å². The number of nitrogens with zero attached hydrogens (tertiary/aromatic N) is 2. The van der Waals surface area contributed by atoms with E-state index >= 15 is 0 Å². The molecule has 1 aromatic heterocycles. The summed E-state index contributed by atoms with van der Waals surface area (Å²) in [4.78, 5) is 7.79. The summed E-state index contributed by atoms with van der Waals surface area (Å²) < 4.78 is 38.8. The van der Waals surface area contributed by atoms with E-state index in [4.69, 9.17) is 11.6 Å². The lowest BCUT2D eigenvalue weighted by molar-refractivity contribution is -0.138. The van der Waals surface area contributed by atoms with Crippen molar-refractivity contribution in [1.29, 1.82) is 0 Å². The molecule has 1 atom stereocenters. The number of hydrogen-bond acceptors (Lipinski definition) is 2. The largest absolute Gasteiger partial charge is 0.416 e. The zero-order valence-corrected chi connectivity index (χ0v) is 11.4. The Morgan fingerprint density at radius 1 is 1.20 bits per heavy atom. The second-order valence-corrected chi connectivity index (χ2v) is 4.85. The first kappa shape index (κ1) is 14.8. The average molecular weight is 301 g/mol.